The molecule has 0 unspecified atom stereocenters. The SMILES string of the molecule is c1cccc(-c2cccc3ccccc23)c#1. The van der Waals surface area contributed by atoms with E-state index < -0.39 is 0 Å². The molecule has 0 spiro atoms. The summed E-state index contributed by atoms with van der Waals surface area (Å²) in [4.78, 5) is 0. The summed E-state index contributed by atoms with van der Waals surface area (Å²) < 4.78 is 0. The summed E-state index contributed by atoms with van der Waals surface area (Å²) in [6, 6.07) is 26.8. The highest BCUT2D eigenvalue weighted by atomic mass is 14.0. The average molecular weight is 202 g/mol. The van der Waals surface area contributed by atoms with Crippen molar-refractivity contribution in [3.05, 3.63) is 72.8 Å². The van der Waals surface area contributed by atoms with Crippen LogP contribution in [-0.4, -0.2) is 0 Å². The second kappa shape index (κ2) is 3.72. The fraction of sp³-hybridized carbons (Fsp3) is 0. The Kier molecular flexibility index (Phi) is 2.09. The molecule has 0 saturated carbocycles. The molecule has 0 amide bonds. The van der Waals surface area contributed by atoms with Gasteiger partial charge in [-0.25, -0.2) is 0 Å². The Morgan fingerprint density at radius 2 is 1.62 bits per heavy atom. The van der Waals surface area contributed by atoms with Gasteiger partial charge < -0.3 is 0 Å². The highest BCUT2D eigenvalue weighted by molar-refractivity contribution is 5.96. The van der Waals surface area contributed by atoms with Gasteiger partial charge in [0.2, 0.25) is 0 Å². The van der Waals surface area contributed by atoms with E-state index in [4.69, 9.17) is 0 Å². The molecule has 3 rings (SSSR count). The number of benzene rings is 2. The van der Waals surface area contributed by atoms with Crippen LogP contribution in [0.2, 0.25) is 0 Å². The van der Waals surface area contributed by atoms with Gasteiger partial charge in [0, 0.05) is 5.56 Å². The van der Waals surface area contributed by atoms with Gasteiger partial charge in [0.05, 0.1) is 0 Å². The fourth-order valence-corrected chi connectivity index (χ4v) is 1.97. The zero-order valence-corrected chi connectivity index (χ0v) is 8.77. The van der Waals surface area contributed by atoms with E-state index in [1.807, 2.05) is 12.1 Å². The van der Waals surface area contributed by atoms with E-state index in [0.29, 0.717) is 0 Å². The molecule has 0 saturated heterocycles. The molecule has 0 heterocycles. The van der Waals surface area contributed by atoms with Crippen LogP contribution < -0.4 is 0 Å². The Hall–Kier alpha value is -2.26. The highest BCUT2D eigenvalue weighted by Crippen LogP contribution is 2.26. The first-order valence-electron chi connectivity index (χ1n) is 5.32. The summed E-state index contributed by atoms with van der Waals surface area (Å²) in [7, 11) is 0. The van der Waals surface area contributed by atoms with E-state index in [-0.39, 0.29) is 0 Å². The smallest absolute Gasteiger partial charge is 0.0327 e. The van der Waals surface area contributed by atoms with Crippen molar-refractivity contribution in [3.8, 4) is 11.1 Å². The van der Waals surface area contributed by atoms with Crippen molar-refractivity contribution < 1.29 is 0 Å². The van der Waals surface area contributed by atoms with Crippen LogP contribution in [0.15, 0.2) is 60.7 Å². The Balaban J connectivity index is 2.32. The molecule has 3 aromatic rings. The molecule has 16 heavy (non-hydrogen) atoms. The Bertz CT molecular complexity index is 604. The lowest BCUT2D eigenvalue weighted by atomic mass is 9.99. The summed E-state index contributed by atoms with van der Waals surface area (Å²) in [5.74, 6) is 0. The summed E-state index contributed by atoms with van der Waals surface area (Å²) >= 11 is 0. The normalized spacial score (nSPS) is 10.0. The first kappa shape index (κ1) is 9.00. The van der Waals surface area contributed by atoms with Crippen LogP contribution in [0, 0.1) is 12.1 Å². The summed E-state index contributed by atoms with van der Waals surface area (Å²) in [5.41, 5.74) is 2.31. The van der Waals surface area contributed by atoms with Crippen molar-refractivity contribution in [3.63, 3.8) is 0 Å². The molecule has 0 heteroatoms. The highest BCUT2D eigenvalue weighted by Gasteiger charge is 2.01. The predicted octanol–water partition coefficient (Wildman–Crippen LogP) is 4.11. The van der Waals surface area contributed by atoms with Gasteiger partial charge in [-0.15, -0.1) is 0 Å². The fourth-order valence-electron chi connectivity index (χ4n) is 1.97. The van der Waals surface area contributed by atoms with Gasteiger partial charge in [-0.1, -0.05) is 60.7 Å². The van der Waals surface area contributed by atoms with Crippen molar-refractivity contribution in [2.24, 2.45) is 0 Å². The first-order valence-corrected chi connectivity index (χ1v) is 5.32. The number of hydrogen-bond donors (Lipinski definition) is 0. The van der Waals surface area contributed by atoms with Crippen molar-refractivity contribution in [2.75, 3.05) is 0 Å². The van der Waals surface area contributed by atoms with Gasteiger partial charge in [-0.2, -0.15) is 0 Å². The Labute approximate surface area is 95.2 Å². The molecule has 0 atom stereocenters. The minimum Gasteiger partial charge on any atom is -0.0696 e. The molecule has 0 radical (unpaired) electrons. The lowest BCUT2D eigenvalue weighted by molar-refractivity contribution is 1.67. The van der Waals surface area contributed by atoms with Crippen LogP contribution in [0.25, 0.3) is 21.9 Å². The molecule has 0 bridgehead atoms. The maximum atomic E-state index is 3.15. The van der Waals surface area contributed by atoms with E-state index in [1.165, 1.54) is 16.3 Å². The van der Waals surface area contributed by atoms with E-state index in [2.05, 4.69) is 60.7 Å². The molecule has 0 nitrogen and oxygen atoms in total. The minimum atomic E-state index is 1.10. The number of rotatable bonds is 1. The van der Waals surface area contributed by atoms with Crippen molar-refractivity contribution >= 4 is 10.8 Å². The lowest BCUT2D eigenvalue weighted by Gasteiger charge is -2.04. The first-order chi connectivity index (χ1) is 7.95. The van der Waals surface area contributed by atoms with Gasteiger partial charge in [0.1, 0.15) is 0 Å². The van der Waals surface area contributed by atoms with Crippen LogP contribution in [-0.2, 0) is 0 Å². The maximum Gasteiger partial charge on any atom is 0.0327 e. The van der Waals surface area contributed by atoms with Gasteiger partial charge in [0.25, 0.3) is 0 Å². The Morgan fingerprint density at radius 3 is 2.50 bits per heavy atom. The summed E-state index contributed by atoms with van der Waals surface area (Å²) in [6.07, 6.45) is 0. The minimum absolute atomic E-state index is 1.10. The molecule has 0 aliphatic carbocycles. The van der Waals surface area contributed by atoms with Crippen LogP contribution in [0.5, 0.6) is 0 Å². The molecule has 0 aliphatic heterocycles. The predicted molar refractivity (Wildman–Crippen MR) is 67.1 cm³/mol. The second-order valence-electron chi connectivity index (χ2n) is 3.74. The van der Waals surface area contributed by atoms with E-state index in [9.17, 15) is 0 Å². The molecular formula is C16H10. The topological polar surface area (TPSA) is 0 Å². The van der Waals surface area contributed by atoms with Crippen LogP contribution in [0.4, 0.5) is 0 Å². The van der Waals surface area contributed by atoms with Crippen molar-refractivity contribution in [1.29, 1.82) is 0 Å². The molecular weight excluding hydrogens is 192 g/mol. The van der Waals surface area contributed by atoms with Crippen LogP contribution in [0.1, 0.15) is 0 Å². The molecule has 74 valence electrons. The molecule has 0 aromatic heterocycles. The third kappa shape index (κ3) is 1.43. The molecule has 0 N–H and O–H groups in total. The van der Waals surface area contributed by atoms with E-state index in [1.54, 1.807) is 0 Å². The van der Waals surface area contributed by atoms with Gasteiger partial charge >= 0.3 is 0 Å². The number of fused-ring (bicyclic) bond motifs is 1. The van der Waals surface area contributed by atoms with Gasteiger partial charge in [-0.05, 0) is 28.5 Å². The zero-order chi connectivity index (χ0) is 10.8. The maximum absolute atomic E-state index is 3.15. The van der Waals surface area contributed by atoms with Gasteiger partial charge in [0.15, 0.2) is 0 Å². The van der Waals surface area contributed by atoms with Gasteiger partial charge in [-0.3, -0.25) is 0 Å². The third-order valence-electron chi connectivity index (χ3n) is 2.73. The standard InChI is InChI=1S/C16H10/c1-2-7-13(8-3-1)16-12-6-10-14-9-4-5-11-15(14)16/h1-2,4-7,9-12H. The zero-order valence-electron chi connectivity index (χ0n) is 8.77. The van der Waals surface area contributed by atoms with Crippen molar-refractivity contribution in [2.45, 2.75) is 0 Å². The average Bonchev–Trinajstić information content (AvgIpc) is 2.39. The van der Waals surface area contributed by atoms with Crippen LogP contribution in [0.3, 0.4) is 0 Å². The quantitative estimate of drug-likeness (QED) is 0.557. The summed E-state index contributed by atoms with van der Waals surface area (Å²) in [5, 5.41) is 2.53. The lowest BCUT2D eigenvalue weighted by Crippen LogP contribution is -1.79. The summed E-state index contributed by atoms with van der Waals surface area (Å²) in [6.45, 7) is 0. The molecule has 0 aliphatic rings. The third-order valence-corrected chi connectivity index (χ3v) is 2.73. The molecule has 3 aromatic carbocycles. The largest absolute Gasteiger partial charge is 0.0696 e. The van der Waals surface area contributed by atoms with Crippen LogP contribution >= 0.6 is 0 Å². The van der Waals surface area contributed by atoms with Crippen molar-refractivity contribution in [1.82, 2.24) is 0 Å². The monoisotopic (exact) mass is 202 g/mol. The Morgan fingerprint density at radius 1 is 0.750 bits per heavy atom. The molecule has 0 fully saturated rings. The number of hydrogen-bond acceptors (Lipinski definition) is 0. The van der Waals surface area contributed by atoms with E-state index >= 15 is 0 Å². The second-order valence-corrected chi connectivity index (χ2v) is 3.74. The van der Waals surface area contributed by atoms with E-state index in [0.717, 1.165) is 5.56 Å².